The minimum atomic E-state index is -0.0811. The minimum Gasteiger partial charge on any atom is -0.340 e. The summed E-state index contributed by atoms with van der Waals surface area (Å²) in [5.41, 5.74) is 2.77. The molecule has 1 saturated heterocycles. The Hall–Kier alpha value is -2.89. The van der Waals surface area contributed by atoms with Crippen LogP contribution in [-0.2, 0) is 11.3 Å². The molecular formula is C22H26N4O2. The number of aromatic nitrogens is 1. The molecule has 1 aromatic heterocycles. The average molecular weight is 378 g/mol. The zero-order chi connectivity index (χ0) is 19.7. The lowest BCUT2D eigenvalue weighted by molar-refractivity contribution is -0.132. The predicted octanol–water partition coefficient (Wildman–Crippen LogP) is 3.29. The van der Waals surface area contributed by atoms with E-state index in [1.54, 1.807) is 11.1 Å². The molecule has 2 atom stereocenters. The van der Waals surface area contributed by atoms with Gasteiger partial charge in [-0.05, 0) is 49.6 Å². The molecule has 28 heavy (non-hydrogen) atoms. The SMILES string of the molecule is Cc1cccc(NC(=O)N2CCC3(CC3C(=O)N(C)Cc3ccccn3)C2)c1. The summed E-state index contributed by atoms with van der Waals surface area (Å²) in [6.07, 6.45) is 3.50. The van der Waals surface area contributed by atoms with Crippen molar-refractivity contribution >= 4 is 17.6 Å². The summed E-state index contributed by atoms with van der Waals surface area (Å²) in [4.78, 5) is 33.4. The fourth-order valence-electron chi connectivity index (χ4n) is 4.22. The summed E-state index contributed by atoms with van der Waals surface area (Å²) in [5.74, 6) is 0.171. The van der Waals surface area contributed by atoms with Crippen molar-refractivity contribution in [2.45, 2.75) is 26.3 Å². The number of likely N-dealkylation sites (tertiary alicyclic amines) is 1. The van der Waals surface area contributed by atoms with Gasteiger partial charge in [-0.2, -0.15) is 0 Å². The number of anilines is 1. The van der Waals surface area contributed by atoms with E-state index in [0.717, 1.165) is 29.8 Å². The number of urea groups is 1. The molecular weight excluding hydrogens is 352 g/mol. The number of amides is 3. The first-order chi connectivity index (χ1) is 13.5. The molecule has 3 amide bonds. The Balaban J connectivity index is 1.33. The zero-order valence-electron chi connectivity index (χ0n) is 16.4. The molecule has 1 spiro atoms. The third-order valence-corrected chi connectivity index (χ3v) is 5.93. The second-order valence-electron chi connectivity index (χ2n) is 8.11. The van der Waals surface area contributed by atoms with Gasteiger partial charge in [-0.1, -0.05) is 18.2 Å². The Morgan fingerprint density at radius 2 is 2.14 bits per heavy atom. The quantitative estimate of drug-likeness (QED) is 0.888. The van der Waals surface area contributed by atoms with E-state index in [9.17, 15) is 9.59 Å². The molecule has 2 unspecified atom stereocenters. The summed E-state index contributed by atoms with van der Waals surface area (Å²) in [6.45, 7) is 3.87. The van der Waals surface area contributed by atoms with Crippen LogP contribution >= 0.6 is 0 Å². The molecule has 1 saturated carbocycles. The van der Waals surface area contributed by atoms with Crippen molar-refractivity contribution in [3.8, 4) is 0 Å². The number of nitrogens with zero attached hydrogens (tertiary/aromatic N) is 3. The van der Waals surface area contributed by atoms with Gasteiger partial charge in [0.25, 0.3) is 0 Å². The smallest absolute Gasteiger partial charge is 0.321 e. The third kappa shape index (κ3) is 3.72. The molecule has 1 aliphatic carbocycles. The van der Waals surface area contributed by atoms with Gasteiger partial charge in [0.05, 0.1) is 12.2 Å². The summed E-state index contributed by atoms with van der Waals surface area (Å²) in [7, 11) is 1.83. The van der Waals surface area contributed by atoms with Crippen molar-refractivity contribution < 1.29 is 9.59 Å². The normalized spacial score (nSPS) is 22.9. The molecule has 1 aliphatic heterocycles. The number of benzene rings is 1. The van der Waals surface area contributed by atoms with Crippen LogP contribution in [0, 0.1) is 18.3 Å². The number of pyridine rings is 1. The lowest BCUT2D eigenvalue weighted by atomic mass is 10.0. The van der Waals surface area contributed by atoms with E-state index in [1.807, 2.05) is 61.3 Å². The second kappa shape index (κ2) is 7.26. The van der Waals surface area contributed by atoms with Crippen LogP contribution in [0.25, 0.3) is 0 Å². The van der Waals surface area contributed by atoms with Crippen LogP contribution in [0.4, 0.5) is 10.5 Å². The summed E-state index contributed by atoms with van der Waals surface area (Å²) >= 11 is 0. The Labute approximate surface area is 165 Å². The Morgan fingerprint density at radius 1 is 1.29 bits per heavy atom. The Kier molecular flexibility index (Phi) is 4.79. The maximum Gasteiger partial charge on any atom is 0.321 e. The first-order valence-corrected chi connectivity index (χ1v) is 9.74. The van der Waals surface area contributed by atoms with Crippen LogP contribution < -0.4 is 5.32 Å². The number of hydrogen-bond acceptors (Lipinski definition) is 3. The second-order valence-corrected chi connectivity index (χ2v) is 8.11. The predicted molar refractivity (Wildman–Crippen MR) is 108 cm³/mol. The maximum absolute atomic E-state index is 12.9. The number of rotatable bonds is 4. The number of aryl methyl sites for hydroxylation is 1. The van der Waals surface area contributed by atoms with Crippen molar-refractivity contribution in [3.63, 3.8) is 0 Å². The van der Waals surface area contributed by atoms with E-state index in [-0.39, 0.29) is 23.3 Å². The van der Waals surface area contributed by atoms with E-state index in [1.165, 1.54) is 0 Å². The van der Waals surface area contributed by atoms with Gasteiger partial charge < -0.3 is 15.1 Å². The molecule has 1 aromatic carbocycles. The first kappa shape index (κ1) is 18.5. The molecule has 0 bridgehead atoms. The van der Waals surface area contributed by atoms with Crippen molar-refractivity contribution in [2.75, 3.05) is 25.5 Å². The maximum atomic E-state index is 12.9. The molecule has 2 heterocycles. The van der Waals surface area contributed by atoms with Gasteiger partial charge in [-0.3, -0.25) is 9.78 Å². The standard InChI is InChI=1S/C22H26N4O2/c1-16-6-5-8-17(12-16)24-21(28)26-11-9-22(15-26)13-19(22)20(27)25(2)14-18-7-3-4-10-23-18/h3-8,10,12,19H,9,11,13-15H2,1-2H3,(H,24,28). The summed E-state index contributed by atoms with van der Waals surface area (Å²) in [6, 6.07) is 13.4. The molecule has 6 heteroatoms. The lowest BCUT2D eigenvalue weighted by Gasteiger charge is -2.20. The van der Waals surface area contributed by atoms with Gasteiger partial charge in [0.1, 0.15) is 0 Å². The molecule has 4 rings (SSSR count). The highest BCUT2D eigenvalue weighted by Crippen LogP contribution is 2.59. The van der Waals surface area contributed by atoms with Crippen LogP contribution in [0.1, 0.15) is 24.1 Å². The monoisotopic (exact) mass is 378 g/mol. The van der Waals surface area contributed by atoms with Crippen LogP contribution in [0.2, 0.25) is 0 Å². The van der Waals surface area contributed by atoms with Crippen LogP contribution in [0.3, 0.4) is 0 Å². The van der Waals surface area contributed by atoms with Crippen LogP contribution in [0.15, 0.2) is 48.7 Å². The van der Waals surface area contributed by atoms with Gasteiger partial charge in [0.15, 0.2) is 0 Å². The largest absolute Gasteiger partial charge is 0.340 e. The lowest BCUT2D eigenvalue weighted by Crippen LogP contribution is -2.34. The zero-order valence-corrected chi connectivity index (χ0v) is 16.4. The molecule has 1 N–H and O–H groups in total. The van der Waals surface area contributed by atoms with Crippen molar-refractivity contribution in [1.29, 1.82) is 0 Å². The van der Waals surface area contributed by atoms with Crippen molar-refractivity contribution in [2.24, 2.45) is 11.3 Å². The first-order valence-electron chi connectivity index (χ1n) is 9.74. The highest BCUT2D eigenvalue weighted by Gasteiger charge is 2.61. The fourth-order valence-corrected chi connectivity index (χ4v) is 4.22. The van der Waals surface area contributed by atoms with Crippen LogP contribution in [0.5, 0.6) is 0 Å². The highest BCUT2D eigenvalue weighted by atomic mass is 16.2. The molecule has 146 valence electrons. The van der Waals surface area contributed by atoms with Gasteiger partial charge in [0.2, 0.25) is 5.91 Å². The Bertz CT molecular complexity index is 885. The van der Waals surface area contributed by atoms with E-state index >= 15 is 0 Å². The van der Waals surface area contributed by atoms with Crippen LogP contribution in [-0.4, -0.2) is 46.9 Å². The van der Waals surface area contributed by atoms with Crippen molar-refractivity contribution in [3.05, 3.63) is 59.9 Å². The Morgan fingerprint density at radius 3 is 2.89 bits per heavy atom. The fraction of sp³-hybridized carbons (Fsp3) is 0.409. The molecule has 6 nitrogen and oxygen atoms in total. The third-order valence-electron chi connectivity index (χ3n) is 5.93. The molecule has 2 aliphatic rings. The van der Waals surface area contributed by atoms with Gasteiger partial charge >= 0.3 is 6.03 Å². The minimum absolute atomic E-state index is 0.0120. The van der Waals surface area contributed by atoms with E-state index in [4.69, 9.17) is 0 Å². The topological polar surface area (TPSA) is 65.5 Å². The summed E-state index contributed by atoms with van der Waals surface area (Å²) in [5, 5.41) is 2.97. The average Bonchev–Trinajstić information content (AvgIpc) is 3.20. The van der Waals surface area contributed by atoms with E-state index in [0.29, 0.717) is 19.6 Å². The number of carbonyl (C=O) groups is 2. The van der Waals surface area contributed by atoms with Gasteiger partial charge in [-0.15, -0.1) is 0 Å². The van der Waals surface area contributed by atoms with Gasteiger partial charge in [-0.25, -0.2) is 4.79 Å². The molecule has 0 radical (unpaired) electrons. The van der Waals surface area contributed by atoms with Crippen molar-refractivity contribution in [1.82, 2.24) is 14.8 Å². The van der Waals surface area contributed by atoms with E-state index < -0.39 is 0 Å². The number of hydrogen-bond donors (Lipinski definition) is 1. The van der Waals surface area contributed by atoms with E-state index in [2.05, 4.69) is 10.3 Å². The van der Waals surface area contributed by atoms with Gasteiger partial charge in [0, 0.05) is 43.4 Å². The molecule has 2 aromatic rings. The summed E-state index contributed by atoms with van der Waals surface area (Å²) < 4.78 is 0. The number of nitrogens with one attached hydrogen (secondary N) is 1. The molecule has 2 fully saturated rings. The highest BCUT2D eigenvalue weighted by molar-refractivity contribution is 5.90. The number of carbonyl (C=O) groups excluding carboxylic acids is 2.